The van der Waals surface area contributed by atoms with E-state index in [2.05, 4.69) is 17.9 Å². The second-order valence-electron chi connectivity index (χ2n) is 4.03. The van der Waals surface area contributed by atoms with Gasteiger partial charge in [0.05, 0.1) is 17.6 Å². The Kier molecular flexibility index (Phi) is 6.14. The third-order valence-corrected chi connectivity index (χ3v) is 4.74. The lowest BCUT2D eigenvalue weighted by atomic mass is 10.2. The maximum absolute atomic E-state index is 12.7. The Labute approximate surface area is 129 Å². The number of methoxy groups -OCH3 is 1. The van der Waals surface area contributed by atoms with Crippen LogP contribution in [-0.2, 0) is 14.8 Å². The highest BCUT2D eigenvalue weighted by Crippen LogP contribution is 2.25. The Morgan fingerprint density at radius 2 is 1.90 bits per heavy atom. The largest absolute Gasteiger partial charge is 0.465 e. The van der Waals surface area contributed by atoms with Gasteiger partial charge in [0.25, 0.3) is 0 Å². The van der Waals surface area contributed by atoms with E-state index in [0.29, 0.717) is 0 Å². The zero-order valence-electron chi connectivity index (χ0n) is 11.6. The van der Waals surface area contributed by atoms with Crippen molar-refractivity contribution in [3.63, 3.8) is 0 Å². The zero-order chi connectivity index (χ0) is 16.0. The first-order valence-electron chi connectivity index (χ1n) is 5.98. The van der Waals surface area contributed by atoms with Crippen LogP contribution in [0.1, 0.15) is 10.4 Å². The monoisotopic (exact) mass is 329 g/mol. The van der Waals surface area contributed by atoms with Gasteiger partial charge in [0.2, 0.25) is 10.0 Å². The van der Waals surface area contributed by atoms with Gasteiger partial charge in [0.1, 0.15) is 0 Å². The maximum atomic E-state index is 12.7. The van der Waals surface area contributed by atoms with Crippen molar-refractivity contribution < 1.29 is 17.9 Å². The van der Waals surface area contributed by atoms with Crippen LogP contribution in [-0.4, -0.2) is 38.9 Å². The fraction of sp³-hybridized carbons (Fsp3) is 0.214. The molecule has 0 saturated heterocycles. The van der Waals surface area contributed by atoms with Gasteiger partial charge < -0.3 is 4.74 Å². The van der Waals surface area contributed by atoms with E-state index >= 15 is 0 Å². The minimum atomic E-state index is -3.93. The smallest absolute Gasteiger partial charge is 0.339 e. The summed E-state index contributed by atoms with van der Waals surface area (Å²) in [7, 11) is -2.75. The molecule has 0 saturated carbocycles. The molecule has 0 aromatic heterocycles. The van der Waals surface area contributed by atoms with Gasteiger partial charge in [-0.05, 0) is 18.2 Å². The first-order valence-corrected chi connectivity index (χ1v) is 7.80. The molecule has 0 atom stereocenters. The molecule has 0 fully saturated rings. The second-order valence-corrected chi connectivity index (χ2v) is 6.37. The fourth-order valence-electron chi connectivity index (χ4n) is 1.69. The summed E-state index contributed by atoms with van der Waals surface area (Å²) >= 11 is 5.85. The van der Waals surface area contributed by atoms with E-state index in [1.807, 2.05) is 0 Å². The Bertz CT molecular complexity index is 645. The third kappa shape index (κ3) is 3.93. The second kappa shape index (κ2) is 7.40. The Morgan fingerprint density at radius 1 is 1.33 bits per heavy atom. The number of ether oxygens (including phenoxy) is 1. The molecule has 0 heterocycles. The molecule has 0 radical (unpaired) electrons. The Balaban J connectivity index is 3.47. The molecule has 0 aliphatic rings. The summed E-state index contributed by atoms with van der Waals surface area (Å²) in [4.78, 5) is 11.5. The number of esters is 1. The van der Waals surface area contributed by atoms with Gasteiger partial charge in [-0.2, -0.15) is 4.31 Å². The van der Waals surface area contributed by atoms with E-state index < -0.39 is 16.0 Å². The number of rotatable bonds is 7. The summed E-state index contributed by atoms with van der Waals surface area (Å²) in [5, 5.41) is 0.207. The first-order chi connectivity index (χ1) is 9.88. The number of carbonyl (C=O) groups is 1. The summed E-state index contributed by atoms with van der Waals surface area (Å²) in [5.74, 6) is -0.748. The van der Waals surface area contributed by atoms with E-state index in [1.54, 1.807) is 0 Å². The molecule has 1 rings (SSSR count). The van der Waals surface area contributed by atoms with Crippen molar-refractivity contribution in [3.05, 3.63) is 54.1 Å². The van der Waals surface area contributed by atoms with Crippen LogP contribution >= 0.6 is 11.6 Å². The molecule has 0 amide bonds. The average molecular weight is 330 g/mol. The van der Waals surface area contributed by atoms with Crippen LogP contribution in [0.15, 0.2) is 48.4 Å². The first kappa shape index (κ1) is 17.4. The SMILES string of the molecule is C=CCN(CC=C)S(=O)(=O)c1cc(Cl)ccc1C(=O)OC. The molecule has 0 unspecified atom stereocenters. The molecule has 0 spiro atoms. The van der Waals surface area contributed by atoms with Crippen molar-refractivity contribution in [1.29, 1.82) is 0 Å². The van der Waals surface area contributed by atoms with Crippen molar-refractivity contribution in [2.45, 2.75) is 4.90 Å². The number of nitrogens with zero attached hydrogens (tertiary/aromatic N) is 1. The van der Waals surface area contributed by atoms with Crippen molar-refractivity contribution >= 4 is 27.6 Å². The lowest BCUT2D eigenvalue weighted by Crippen LogP contribution is -2.32. The molecule has 5 nitrogen and oxygen atoms in total. The molecular formula is C14H16ClNO4S. The molecule has 1 aromatic rings. The van der Waals surface area contributed by atoms with Crippen LogP contribution in [0.2, 0.25) is 5.02 Å². The van der Waals surface area contributed by atoms with Gasteiger partial charge >= 0.3 is 5.97 Å². The van der Waals surface area contributed by atoms with Gasteiger partial charge in [-0.3, -0.25) is 0 Å². The molecule has 0 N–H and O–H groups in total. The molecule has 0 aliphatic carbocycles. The molecule has 114 valence electrons. The highest BCUT2D eigenvalue weighted by molar-refractivity contribution is 7.89. The molecular weight excluding hydrogens is 314 g/mol. The molecule has 0 bridgehead atoms. The van der Waals surface area contributed by atoms with Crippen LogP contribution in [0.4, 0.5) is 0 Å². The van der Waals surface area contributed by atoms with Gasteiger partial charge in [-0.15, -0.1) is 13.2 Å². The van der Waals surface area contributed by atoms with E-state index in [0.717, 1.165) is 4.31 Å². The quantitative estimate of drug-likeness (QED) is 0.569. The third-order valence-electron chi connectivity index (χ3n) is 2.63. The maximum Gasteiger partial charge on any atom is 0.339 e. The highest BCUT2D eigenvalue weighted by Gasteiger charge is 2.28. The van der Waals surface area contributed by atoms with Gasteiger partial charge in [-0.1, -0.05) is 23.8 Å². The summed E-state index contributed by atoms with van der Waals surface area (Å²) in [5.41, 5.74) is -0.0694. The van der Waals surface area contributed by atoms with Crippen LogP contribution in [0.5, 0.6) is 0 Å². The van der Waals surface area contributed by atoms with E-state index in [4.69, 9.17) is 11.6 Å². The van der Waals surface area contributed by atoms with E-state index in [1.165, 1.54) is 37.5 Å². The minimum Gasteiger partial charge on any atom is -0.465 e. The van der Waals surface area contributed by atoms with Gasteiger partial charge in [-0.25, -0.2) is 13.2 Å². The van der Waals surface area contributed by atoms with Gasteiger partial charge in [0.15, 0.2) is 0 Å². The normalized spacial score (nSPS) is 11.2. The number of sulfonamides is 1. The van der Waals surface area contributed by atoms with Crippen molar-refractivity contribution in [3.8, 4) is 0 Å². The summed E-state index contributed by atoms with van der Waals surface area (Å²) in [6.45, 7) is 7.22. The number of halogens is 1. The van der Waals surface area contributed by atoms with Crippen LogP contribution < -0.4 is 0 Å². The van der Waals surface area contributed by atoms with Crippen molar-refractivity contribution in [2.24, 2.45) is 0 Å². The fourth-order valence-corrected chi connectivity index (χ4v) is 3.51. The zero-order valence-corrected chi connectivity index (χ0v) is 13.2. The molecule has 1 aromatic carbocycles. The standard InChI is InChI=1S/C14H16ClNO4S/c1-4-8-16(9-5-2)21(18,19)13-10-11(15)6-7-12(13)14(17)20-3/h4-7,10H,1-2,8-9H2,3H3. The van der Waals surface area contributed by atoms with Crippen LogP contribution in [0.3, 0.4) is 0 Å². The van der Waals surface area contributed by atoms with Gasteiger partial charge in [0, 0.05) is 18.1 Å². The Hall–Kier alpha value is -1.63. The van der Waals surface area contributed by atoms with Crippen LogP contribution in [0.25, 0.3) is 0 Å². The average Bonchev–Trinajstić information content (AvgIpc) is 2.46. The number of hydrogen-bond donors (Lipinski definition) is 0. The highest BCUT2D eigenvalue weighted by atomic mass is 35.5. The summed E-state index contributed by atoms with van der Waals surface area (Å²) < 4.78 is 31.1. The summed E-state index contributed by atoms with van der Waals surface area (Å²) in [6, 6.07) is 3.97. The topological polar surface area (TPSA) is 63.7 Å². The summed E-state index contributed by atoms with van der Waals surface area (Å²) in [6.07, 6.45) is 2.90. The lowest BCUT2D eigenvalue weighted by molar-refractivity contribution is 0.0596. The van der Waals surface area contributed by atoms with E-state index in [-0.39, 0.29) is 28.6 Å². The number of benzene rings is 1. The number of carbonyl (C=O) groups excluding carboxylic acids is 1. The van der Waals surface area contributed by atoms with E-state index in [9.17, 15) is 13.2 Å². The van der Waals surface area contributed by atoms with Crippen molar-refractivity contribution in [2.75, 3.05) is 20.2 Å². The molecule has 21 heavy (non-hydrogen) atoms. The predicted molar refractivity (Wildman–Crippen MR) is 81.9 cm³/mol. The molecule has 7 heteroatoms. The lowest BCUT2D eigenvalue weighted by Gasteiger charge is -2.20. The number of hydrogen-bond acceptors (Lipinski definition) is 4. The molecule has 0 aliphatic heterocycles. The minimum absolute atomic E-state index is 0.0694. The predicted octanol–water partition coefficient (Wildman–Crippen LogP) is 2.49. The van der Waals surface area contributed by atoms with Crippen LogP contribution in [0, 0.1) is 0 Å². The van der Waals surface area contributed by atoms with Crippen molar-refractivity contribution in [1.82, 2.24) is 4.31 Å². The Morgan fingerprint density at radius 3 is 2.38 bits per heavy atom.